The van der Waals surface area contributed by atoms with Crippen LogP contribution in [0.15, 0.2) is 57.7 Å². The number of ether oxygens (including phenoxy) is 1. The number of amides is 1. The highest BCUT2D eigenvalue weighted by molar-refractivity contribution is 9.10. The van der Waals surface area contributed by atoms with Crippen molar-refractivity contribution >= 4 is 27.7 Å². The third-order valence-corrected chi connectivity index (χ3v) is 4.05. The molecule has 6 nitrogen and oxygen atoms in total. The lowest BCUT2D eigenvalue weighted by atomic mass is 9.93. The molecule has 2 aromatic heterocycles. The molecule has 0 saturated heterocycles. The van der Waals surface area contributed by atoms with E-state index in [-0.39, 0.29) is 11.3 Å². The van der Waals surface area contributed by atoms with Gasteiger partial charge in [-0.2, -0.15) is 0 Å². The third kappa shape index (κ3) is 4.49. The van der Waals surface area contributed by atoms with Crippen molar-refractivity contribution in [3.63, 3.8) is 0 Å². The van der Waals surface area contributed by atoms with Crippen LogP contribution in [0.3, 0.4) is 0 Å². The van der Waals surface area contributed by atoms with E-state index in [2.05, 4.69) is 31.4 Å². The van der Waals surface area contributed by atoms with Gasteiger partial charge in [0.1, 0.15) is 11.5 Å². The zero-order valence-corrected chi connectivity index (χ0v) is 16.2. The number of rotatable bonds is 4. The molecule has 0 bridgehead atoms. The van der Waals surface area contributed by atoms with E-state index in [9.17, 15) is 4.79 Å². The molecule has 26 heavy (non-hydrogen) atoms. The highest BCUT2D eigenvalue weighted by Gasteiger charge is 2.20. The minimum atomic E-state index is -0.318. The van der Waals surface area contributed by atoms with E-state index in [1.165, 1.54) is 6.20 Å². The summed E-state index contributed by atoms with van der Waals surface area (Å²) in [5, 5.41) is 6.57. The van der Waals surface area contributed by atoms with E-state index in [0.29, 0.717) is 28.8 Å². The van der Waals surface area contributed by atoms with Gasteiger partial charge in [-0.15, -0.1) is 0 Å². The Balaban J connectivity index is 1.65. The Morgan fingerprint density at radius 2 is 1.88 bits per heavy atom. The summed E-state index contributed by atoms with van der Waals surface area (Å²) < 4.78 is 11.9. The molecule has 0 spiro atoms. The molecule has 0 aliphatic rings. The van der Waals surface area contributed by atoms with Gasteiger partial charge in [-0.05, 0) is 30.3 Å². The van der Waals surface area contributed by atoms with Gasteiger partial charge in [0.2, 0.25) is 5.88 Å². The number of hydrogen-bond acceptors (Lipinski definition) is 5. The second-order valence-electron chi connectivity index (χ2n) is 6.72. The fourth-order valence-electron chi connectivity index (χ4n) is 2.07. The number of hydrogen-bond donors (Lipinski definition) is 1. The van der Waals surface area contributed by atoms with Crippen LogP contribution in [0.2, 0.25) is 0 Å². The summed E-state index contributed by atoms with van der Waals surface area (Å²) in [6, 6.07) is 12.4. The maximum Gasteiger partial charge on any atom is 0.258 e. The van der Waals surface area contributed by atoms with Crippen molar-refractivity contribution in [2.24, 2.45) is 0 Å². The quantitative estimate of drug-likeness (QED) is 0.635. The Kier molecular flexibility index (Phi) is 5.08. The monoisotopic (exact) mass is 415 g/mol. The smallest absolute Gasteiger partial charge is 0.258 e. The molecule has 3 rings (SSSR count). The van der Waals surface area contributed by atoms with Crippen LogP contribution in [0.1, 0.15) is 36.9 Å². The van der Waals surface area contributed by atoms with E-state index >= 15 is 0 Å². The number of benzene rings is 1. The second-order valence-corrected chi connectivity index (χ2v) is 7.64. The normalized spacial score (nSPS) is 11.2. The van der Waals surface area contributed by atoms with Crippen LogP contribution in [-0.2, 0) is 5.41 Å². The molecule has 0 unspecified atom stereocenters. The average Bonchev–Trinajstić information content (AvgIpc) is 3.06. The van der Waals surface area contributed by atoms with Crippen LogP contribution in [0.4, 0.5) is 5.82 Å². The van der Waals surface area contributed by atoms with Crippen LogP contribution in [0.25, 0.3) is 0 Å². The Bertz CT molecular complexity index is 897. The molecule has 0 fully saturated rings. The summed E-state index contributed by atoms with van der Waals surface area (Å²) >= 11 is 3.37. The number of halogens is 1. The number of nitrogens with zero attached hydrogens (tertiary/aromatic N) is 2. The Morgan fingerprint density at radius 3 is 2.46 bits per heavy atom. The van der Waals surface area contributed by atoms with Gasteiger partial charge in [0, 0.05) is 28.2 Å². The number of carbonyl (C=O) groups is 1. The van der Waals surface area contributed by atoms with E-state index < -0.39 is 0 Å². The maximum absolute atomic E-state index is 12.3. The molecule has 134 valence electrons. The molecule has 0 aliphatic heterocycles. The number of aromatic nitrogens is 2. The Morgan fingerprint density at radius 1 is 1.15 bits per heavy atom. The van der Waals surface area contributed by atoms with Gasteiger partial charge < -0.3 is 14.6 Å². The number of carbonyl (C=O) groups excluding carboxylic acids is 1. The number of nitrogens with one attached hydrogen (secondary N) is 1. The zero-order valence-electron chi connectivity index (χ0n) is 14.6. The summed E-state index contributed by atoms with van der Waals surface area (Å²) in [6.07, 6.45) is 1.45. The van der Waals surface area contributed by atoms with Gasteiger partial charge in [0.05, 0.1) is 5.56 Å². The molecule has 2 heterocycles. The molecule has 0 saturated carbocycles. The molecule has 0 radical (unpaired) electrons. The average molecular weight is 416 g/mol. The summed E-state index contributed by atoms with van der Waals surface area (Å²) in [7, 11) is 0. The second kappa shape index (κ2) is 7.29. The van der Waals surface area contributed by atoms with Gasteiger partial charge in [-0.25, -0.2) is 4.98 Å². The summed E-state index contributed by atoms with van der Waals surface area (Å²) in [4.78, 5) is 16.5. The fourth-order valence-corrected chi connectivity index (χ4v) is 2.34. The lowest BCUT2D eigenvalue weighted by molar-refractivity contribution is 0.102. The molecular formula is C19H18BrN3O3. The van der Waals surface area contributed by atoms with E-state index in [4.69, 9.17) is 9.26 Å². The predicted molar refractivity (Wildman–Crippen MR) is 102 cm³/mol. The van der Waals surface area contributed by atoms with Crippen LogP contribution < -0.4 is 10.1 Å². The van der Waals surface area contributed by atoms with Crippen molar-refractivity contribution in [2.45, 2.75) is 26.2 Å². The number of anilines is 1. The molecule has 3 aromatic rings. The molecule has 0 aliphatic carbocycles. The first-order chi connectivity index (χ1) is 12.3. The van der Waals surface area contributed by atoms with Crippen molar-refractivity contribution in [3.8, 4) is 11.6 Å². The fraction of sp³-hybridized carbons (Fsp3) is 0.211. The van der Waals surface area contributed by atoms with Crippen molar-refractivity contribution < 1.29 is 14.1 Å². The van der Waals surface area contributed by atoms with Crippen LogP contribution >= 0.6 is 15.9 Å². The third-order valence-electron chi connectivity index (χ3n) is 3.53. The van der Waals surface area contributed by atoms with E-state index in [1.54, 1.807) is 18.2 Å². The highest BCUT2D eigenvalue weighted by atomic mass is 79.9. The first kappa shape index (κ1) is 18.1. The largest absolute Gasteiger partial charge is 0.439 e. The van der Waals surface area contributed by atoms with Crippen LogP contribution in [-0.4, -0.2) is 16.0 Å². The lowest BCUT2D eigenvalue weighted by Crippen LogP contribution is -2.12. The number of pyridine rings is 1. The summed E-state index contributed by atoms with van der Waals surface area (Å²) in [6.45, 7) is 6.02. The molecule has 1 N–H and O–H groups in total. The van der Waals surface area contributed by atoms with Gasteiger partial charge >= 0.3 is 0 Å². The maximum atomic E-state index is 12.3. The minimum Gasteiger partial charge on any atom is -0.439 e. The highest BCUT2D eigenvalue weighted by Crippen LogP contribution is 2.25. The molecule has 1 amide bonds. The minimum absolute atomic E-state index is 0.177. The van der Waals surface area contributed by atoms with E-state index in [0.717, 1.165) is 4.47 Å². The lowest BCUT2D eigenvalue weighted by Gasteiger charge is -2.12. The topological polar surface area (TPSA) is 77.2 Å². The zero-order chi connectivity index (χ0) is 18.7. The SMILES string of the molecule is CC(C)(C)c1cc(NC(=O)c2ccc(Oc3ccc(Br)cc3)nc2)no1. The van der Waals surface area contributed by atoms with Crippen molar-refractivity contribution in [1.29, 1.82) is 0 Å². The van der Waals surface area contributed by atoms with Crippen LogP contribution in [0.5, 0.6) is 11.6 Å². The van der Waals surface area contributed by atoms with Crippen molar-refractivity contribution in [1.82, 2.24) is 10.1 Å². The van der Waals surface area contributed by atoms with Crippen molar-refractivity contribution in [3.05, 3.63) is 64.5 Å². The van der Waals surface area contributed by atoms with Gasteiger partial charge in [-0.1, -0.05) is 41.9 Å². The van der Waals surface area contributed by atoms with E-state index in [1.807, 2.05) is 45.0 Å². The first-order valence-corrected chi connectivity index (χ1v) is 8.78. The summed E-state index contributed by atoms with van der Waals surface area (Å²) in [5.74, 6) is 1.82. The Hall–Kier alpha value is -2.67. The first-order valence-electron chi connectivity index (χ1n) is 7.99. The van der Waals surface area contributed by atoms with Gasteiger partial charge in [0.25, 0.3) is 5.91 Å². The standard InChI is InChI=1S/C19H18BrN3O3/c1-19(2,3)15-10-16(23-26-15)22-18(24)12-4-9-17(21-11-12)25-14-7-5-13(20)6-8-14/h4-11H,1-3H3,(H,22,23,24). The van der Waals surface area contributed by atoms with Crippen molar-refractivity contribution in [2.75, 3.05) is 5.32 Å². The summed E-state index contributed by atoms with van der Waals surface area (Å²) in [5.41, 5.74) is 0.220. The van der Waals surface area contributed by atoms with Gasteiger partial charge in [0.15, 0.2) is 5.82 Å². The Labute approximate surface area is 159 Å². The van der Waals surface area contributed by atoms with Crippen LogP contribution in [0, 0.1) is 0 Å². The molecule has 7 heteroatoms. The predicted octanol–water partition coefficient (Wildman–Crippen LogP) is 5.17. The molecular weight excluding hydrogens is 398 g/mol. The molecule has 0 atom stereocenters. The molecule has 1 aromatic carbocycles. The van der Waals surface area contributed by atoms with Gasteiger partial charge in [-0.3, -0.25) is 4.79 Å².